The van der Waals surface area contributed by atoms with Gasteiger partial charge in [0.1, 0.15) is 0 Å². The Morgan fingerprint density at radius 3 is 2.65 bits per heavy atom. The van der Waals surface area contributed by atoms with Gasteiger partial charge in [-0.3, -0.25) is 0 Å². The second-order valence-electron chi connectivity index (χ2n) is 4.54. The lowest BCUT2D eigenvalue weighted by Gasteiger charge is -2.19. The molecular formula is C13H26O4. The van der Waals surface area contributed by atoms with Crippen LogP contribution in [-0.4, -0.2) is 44.9 Å². The molecule has 0 aliphatic carbocycles. The molecule has 3 atom stereocenters. The molecule has 1 saturated heterocycles. The zero-order valence-corrected chi connectivity index (χ0v) is 11.3. The van der Waals surface area contributed by atoms with Crippen molar-refractivity contribution in [2.24, 2.45) is 0 Å². The molecule has 3 unspecified atom stereocenters. The summed E-state index contributed by atoms with van der Waals surface area (Å²) < 4.78 is 21.7. The maximum atomic E-state index is 5.67. The van der Waals surface area contributed by atoms with Gasteiger partial charge in [0.25, 0.3) is 0 Å². The van der Waals surface area contributed by atoms with Crippen molar-refractivity contribution in [3.05, 3.63) is 0 Å². The van der Waals surface area contributed by atoms with Gasteiger partial charge < -0.3 is 18.9 Å². The van der Waals surface area contributed by atoms with E-state index in [0.717, 1.165) is 26.1 Å². The Kier molecular flexibility index (Phi) is 7.77. The van der Waals surface area contributed by atoms with Gasteiger partial charge in [0, 0.05) is 13.0 Å². The number of hydrogen-bond donors (Lipinski definition) is 0. The molecule has 1 aliphatic rings. The van der Waals surface area contributed by atoms with E-state index >= 15 is 0 Å². The second-order valence-corrected chi connectivity index (χ2v) is 4.54. The largest absolute Gasteiger partial charge is 0.379 e. The Bertz CT molecular complexity index is 182. The summed E-state index contributed by atoms with van der Waals surface area (Å²) in [6, 6.07) is 0. The molecule has 0 aromatic rings. The lowest BCUT2D eigenvalue weighted by molar-refractivity contribution is -0.164. The van der Waals surface area contributed by atoms with Gasteiger partial charge in [-0.25, -0.2) is 0 Å². The number of epoxide rings is 1. The molecule has 0 N–H and O–H groups in total. The minimum Gasteiger partial charge on any atom is -0.379 e. The maximum Gasteiger partial charge on any atom is 0.155 e. The summed E-state index contributed by atoms with van der Waals surface area (Å²) in [6.45, 7) is 9.08. The highest BCUT2D eigenvalue weighted by Crippen LogP contribution is 2.18. The van der Waals surface area contributed by atoms with Crippen LogP contribution in [0, 0.1) is 0 Å². The van der Waals surface area contributed by atoms with E-state index < -0.39 is 0 Å². The lowest BCUT2D eigenvalue weighted by atomic mass is 10.2. The first-order valence-electron chi connectivity index (χ1n) is 6.68. The van der Waals surface area contributed by atoms with Gasteiger partial charge in [-0.2, -0.15) is 0 Å². The first kappa shape index (κ1) is 14.9. The lowest BCUT2D eigenvalue weighted by Crippen LogP contribution is -2.22. The molecule has 0 saturated carbocycles. The van der Waals surface area contributed by atoms with Crippen LogP contribution in [0.15, 0.2) is 0 Å². The molecule has 4 heteroatoms. The second kappa shape index (κ2) is 8.86. The maximum absolute atomic E-state index is 5.67. The molecule has 4 nitrogen and oxygen atoms in total. The van der Waals surface area contributed by atoms with Gasteiger partial charge in [-0.05, 0) is 20.3 Å². The van der Waals surface area contributed by atoms with Crippen molar-refractivity contribution in [1.82, 2.24) is 0 Å². The van der Waals surface area contributed by atoms with E-state index in [-0.39, 0.29) is 12.4 Å². The molecule has 1 heterocycles. The molecular weight excluding hydrogens is 220 g/mol. The van der Waals surface area contributed by atoms with Crippen LogP contribution >= 0.6 is 0 Å². The molecule has 0 spiro atoms. The van der Waals surface area contributed by atoms with E-state index in [2.05, 4.69) is 13.8 Å². The van der Waals surface area contributed by atoms with Crippen molar-refractivity contribution in [2.75, 3.05) is 26.4 Å². The highest BCUT2D eigenvalue weighted by atomic mass is 16.7. The van der Waals surface area contributed by atoms with Crippen LogP contribution in [0.2, 0.25) is 0 Å². The normalized spacial score (nSPS) is 22.4. The van der Waals surface area contributed by atoms with E-state index in [1.54, 1.807) is 0 Å². The topological polar surface area (TPSA) is 40.2 Å². The third-order valence-electron chi connectivity index (χ3n) is 2.64. The number of unbranched alkanes of at least 4 members (excludes halogenated alkanes) is 1. The first-order chi connectivity index (χ1) is 8.22. The Morgan fingerprint density at radius 2 is 2.00 bits per heavy atom. The van der Waals surface area contributed by atoms with Crippen molar-refractivity contribution in [3.63, 3.8) is 0 Å². The summed E-state index contributed by atoms with van der Waals surface area (Å²) in [5.74, 6) is 0. The Balaban J connectivity index is 1.87. The van der Waals surface area contributed by atoms with Gasteiger partial charge in [0.15, 0.2) is 6.29 Å². The monoisotopic (exact) mass is 246 g/mol. The summed E-state index contributed by atoms with van der Waals surface area (Å²) in [5, 5.41) is 0. The highest BCUT2D eigenvalue weighted by molar-refractivity contribution is 4.72. The summed E-state index contributed by atoms with van der Waals surface area (Å²) in [7, 11) is 0. The summed E-state index contributed by atoms with van der Waals surface area (Å²) in [5.41, 5.74) is 0. The molecule has 0 aromatic heterocycles. The van der Waals surface area contributed by atoms with Crippen LogP contribution in [0.1, 0.15) is 40.0 Å². The van der Waals surface area contributed by atoms with Gasteiger partial charge in [-0.15, -0.1) is 0 Å². The summed E-state index contributed by atoms with van der Waals surface area (Å²) >= 11 is 0. The van der Waals surface area contributed by atoms with Crippen molar-refractivity contribution < 1.29 is 18.9 Å². The third-order valence-corrected chi connectivity index (χ3v) is 2.64. The van der Waals surface area contributed by atoms with E-state index in [9.17, 15) is 0 Å². The first-order valence-corrected chi connectivity index (χ1v) is 6.68. The third kappa shape index (κ3) is 8.55. The Morgan fingerprint density at radius 1 is 1.24 bits per heavy atom. The minimum absolute atomic E-state index is 0.168. The Hall–Kier alpha value is -0.160. The highest BCUT2D eigenvalue weighted by Gasteiger charge is 2.25. The quantitative estimate of drug-likeness (QED) is 0.319. The van der Waals surface area contributed by atoms with E-state index in [0.29, 0.717) is 19.3 Å². The van der Waals surface area contributed by atoms with Crippen LogP contribution in [0.25, 0.3) is 0 Å². The van der Waals surface area contributed by atoms with Gasteiger partial charge in [0.2, 0.25) is 0 Å². The molecule has 102 valence electrons. The summed E-state index contributed by atoms with van der Waals surface area (Å²) in [4.78, 5) is 0. The van der Waals surface area contributed by atoms with Crippen LogP contribution < -0.4 is 0 Å². The molecule has 1 aliphatic heterocycles. The number of rotatable bonds is 11. The van der Waals surface area contributed by atoms with Gasteiger partial charge in [0.05, 0.1) is 32.0 Å². The fourth-order valence-corrected chi connectivity index (χ4v) is 1.62. The van der Waals surface area contributed by atoms with Crippen LogP contribution in [0.3, 0.4) is 0 Å². The van der Waals surface area contributed by atoms with E-state index in [4.69, 9.17) is 18.9 Å². The average molecular weight is 246 g/mol. The van der Waals surface area contributed by atoms with E-state index in [1.807, 2.05) is 6.92 Å². The summed E-state index contributed by atoms with van der Waals surface area (Å²) in [6.07, 6.45) is 3.68. The van der Waals surface area contributed by atoms with Crippen molar-refractivity contribution in [1.29, 1.82) is 0 Å². The van der Waals surface area contributed by atoms with E-state index in [1.165, 1.54) is 6.42 Å². The molecule has 17 heavy (non-hydrogen) atoms. The molecule has 0 radical (unpaired) electrons. The predicted octanol–water partition coefficient (Wildman–Crippen LogP) is 2.36. The molecule has 0 bridgehead atoms. The van der Waals surface area contributed by atoms with Crippen LogP contribution in [0.4, 0.5) is 0 Å². The average Bonchev–Trinajstić information content (AvgIpc) is 3.06. The van der Waals surface area contributed by atoms with Gasteiger partial charge in [-0.1, -0.05) is 13.3 Å². The molecule has 1 fully saturated rings. The fraction of sp³-hybridized carbons (Fsp3) is 1.00. The van der Waals surface area contributed by atoms with Crippen LogP contribution in [0.5, 0.6) is 0 Å². The van der Waals surface area contributed by atoms with Crippen molar-refractivity contribution in [3.8, 4) is 0 Å². The fourth-order valence-electron chi connectivity index (χ4n) is 1.62. The number of hydrogen-bond acceptors (Lipinski definition) is 4. The van der Waals surface area contributed by atoms with Gasteiger partial charge >= 0.3 is 0 Å². The zero-order chi connectivity index (χ0) is 12.5. The van der Waals surface area contributed by atoms with Crippen molar-refractivity contribution in [2.45, 2.75) is 58.5 Å². The predicted molar refractivity (Wildman–Crippen MR) is 66.0 cm³/mol. The number of ether oxygens (including phenoxy) is 4. The molecule has 0 aromatic carbocycles. The standard InChI is InChI=1S/C13H26O4/c1-4-5-6-14-7-8-15-12(3)17-11(2)9-13-10-16-13/h11-13H,4-10H2,1-3H3. The van der Waals surface area contributed by atoms with Crippen LogP contribution in [-0.2, 0) is 18.9 Å². The Labute approximate surface area is 105 Å². The molecule has 0 amide bonds. The smallest absolute Gasteiger partial charge is 0.155 e. The van der Waals surface area contributed by atoms with Crippen molar-refractivity contribution >= 4 is 0 Å². The SMILES string of the molecule is CCCCOCCOC(C)OC(C)CC1CO1. The minimum atomic E-state index is -0.168. The molecule has 1 rings (SSSR count). The zero-order valence-electron chi connectivity index (χ0n) is 11.3.